The van der Waals surface area contributed by atoms with Gasteiger partial charge in [-0.05, 0) is 113 Å². The summed E-state index contributed by atoms with van der Waals surface area (Å²) in [5, 5.41) is 13.1. The van der Waals surface area contributed by atoms with Crippen LogP contribution in [0.25, 0.3) is 0 Å². The molecule has 5 rings (SSSR count). The molecule has 0 unspecified atom stereocenters. The molecule has 3 heterocycles. The van der Waals surface area contributed by atoms with Crippen LogP contribution >= 0.6 is 0 Å². The van der Waals surface area contributed by atoms with Gasteiger partial charge in [0.1, 0.15) is 18.0 Å². The van der Waals surface area contributed by atoms with E-state index in [1.807, 2.05) is 13.8 Å². The predicted molar refractivity (Wildman–Crippen MR) is 169 cm³/mol. The first-order valence-electron chi connectivity index (χ1n) is 16.7. The van der Waals surface area contributed by atoms with E-state index in [2.05, 4.69) is 5.32 Å². The Labute approximate surface area is 274 Å². The van der Waals surface area contributed by atoms with Crippen molar-refractivity contribution in [3.05, 3.63) is 34.4 Å². The molecule has 4 aliphatic rings. The molecule has 0 atom stereocenters. The molecule has 3 aliphatic heterocycles. The Morgan fingerprint density at radius 1 is 1.02 bits per heavy atom. The zero-order valence-corrected chi connectivity index (χ0v) is 28.0. The maximum Gasteiger partial charge on any atom is 0.389 e. The van der Waals surface area contributed by atoms with E-state index < -0.39 is 40.4 Å². The van der Waals surface area contributed by atoms with E-state index >= 15 is 0 Å². The summed E-state index contributed by atoms with van der Waals surface area (Å²) in [6, 6.07) is 3.50. The number of rotatable bonds is 9. The lowest BCUT2D eigenvalue weighted by molar-refractivity contribution is -0.138. The monoisotopic (exact) mass is 686 g/mol. The second-order valence-corrected chi connectivity index (χ2v) is 16.1. The summed E-state index contributed by atoms with van der Waals surface area (Å²) in [5.41, 5.74) is 0.542. The number of nitrogens with one attached hydrogen (secondary N) is 1. The standard InChI is InChI=1S/C33H46F4N4O5S/c1-22-19-26(29(42)40-14-10-31(44,21-34)11-15-40)20-23(2)27(22)8-18-47(45,46)41-16-12-32(13-17-41)30(43)38-28(39-32)25-5-3-24(4-6-25)7-9-33(35,36)37/h19-20,24-25,44H,3-18,21H2,1-2H3,(H,38,39,43). The molecule has 2 saturated heterocycles. The smallest absolute Gasteiger partial charge is 0.387 e. The Balaban J connectivity index is 1.14. The van der Waals surface area contributed by atoms with Crippen molar-refractivity contribution in [2.24, 2.45) is 16.8 Å². The summed E-state index contributed by atoms with van der Waals surface area (Å²) >= 11 is 0. The molecule has 9 nitrogen and oxygen atoms in total. The normalized spacial score (nSPS) is 25.1. The van der Waals surface area contributed by atoms with Crippen molar-refractivity contribution in [2.45, 2.75) is 102 Å². The highest BCUT2D eigenvalue weighted by Gasteiger charge is 2.48. The molecule has 1 spiro atoms. The van der Waals surface area contributed by atoms with Crippen LogP contribution in [0.15, 0.2) is 17.1 Å². The lowest BCUT2D eigenvalue weighted by Gasteiger charge is -2.36. The first-order chi connectivity index (χ1) is 22.0. The lowest BCUT2D eigenvalue weighted by Crippen LogP contribution is -2.51. The molecule has 1 saturated carbocycles. The van der Waals surface area contributed by atoms with E-state index in [4.69, 9.17) is 4.99 Å². The highest BCUT2D eigenvalue weighted by molar-refractivity contribution is 7.89. The van der Waals surface area contributed by atoms with Crippen LogP contribution in [0.1, 0.15) is 91.3 Å². The third-order valence-electron chi connectivity index (χ3n) is 10.8. The summed E-state index contributed by atoms with van der Waals surface area (Å²) in [7, 11) is -3.65. The van der Waals surface area contributed by atoms with Gasteiger partial charge in [0.2, 0.25) is 10.0 Å². The van der Waals surface area contributed by atoms with Crippen molar-refractivity contribution < 1.29 is 40.7 Å². The maximum atomic E-state index is 13.4. The molecule has 1 aromatic rings. The number of carbonyl (C=O) groups is 2. The molecule has 1 aromatic carbocycles. The molecule has 14 heteroatoms. The SMILES string of the molecule is Cc1cc(C(=O)N2CCC(O)(CF)CC2)cc(C)c1CCS(=O)(=O)N1CCC2(CC1)N=C(C1CCC(CCC(F)(F)F)CC1)NC2=O. The number of likely N-dealkylation sites (tertiary alicyclic amines) is 1. The number of hydrogen-bond donors (Lipinski definition) is 2. The van der Waals surface area contributed by atoms with Crippen LogP contribution in [0.2, 0.25) is 0 Å². The fraction of sp³-hybridized carbons (Fsp3) is 0.727. The van der Waals surface area contributed by atoms with E-state index in [-0.39, 0.29) is 94.1 Å². The highest BCUT2D eigenvalue weighted by Crippen LogP contribution is 2.38. The van der Waals surface area contributed by atoms with E-state index in [0.29, 0.717) is 37.1 Å². The van der Waals surface area contributed by atoms with Gasteiger partial charge in [-0.2, -0.15) is 13.2 Å². The second-order valence-electron chi connectivity index (χ2n) is 14.1. The molecule has 2 N–H and O–H groups in total. The van der Waals surface area contributed by atoms with E-state index in [0.717, 1.165) is 16.7 Å². The summed E-state index contributed by atoms with van der Waals surface area (Å²) < 4.78 is 79.2. The molecule has 1 aliphatic carbocycles. The second kappa shape index (κ2) is 13.7. The van der Waals surface area contributed by atoms with Gasteiger partial charge >= 0.3 is 6.18 Å². The van der Waals surface area contributed by atoms with Gasteiger partial charge < -0.3 is 15.3 Å². The predicted octanol–water partition coefficient (Wildman–Crippen LogP) is 4.62. The van der Waals surface area contributed by atoms with Gasteiger partial charge in [-0.1, -0.05) is 0 Å². The van der Waals surface area contributed by atoms with Gasteiger partial charge in [0.25, 0.3) is 11.8 Å². The average molecular weight is 687 g/mol. The van der Waals surface area contributed by atoms with Gasteiger partial charge in [-0.25, -0.2) is 17.1 Å². The topological polar surface area (TPSA) is 119 Å². The van der Waals surface area contributed by atoms with Crippen molar-refractivity contribution in [3.63, 3.8) is 0 Å². The van der Waals surface area contributed by atoms with Crippen molar-refractivity contribution >= 4 is 27.7 Å². The Bertz CT molecular complexity index is 1450. The summed E-state index contributed by atoms with van der Waals surface area (Å²) in [6.07, 6.45) is -0.975. The first kappa shape index (κ1) is 35.7. The zero-order valence-electron chi connectivity index (χ0n) is 27.2. The van der Waals surface area contributed by atoms with E-state index in [1.54, 1.807) is 17.0 Å². The Kier molecular flexibility index (Phi) is 10.4. The molecular formula is C33H46F4N4O5S. The molecule has 47 heavy (non-hydrogen) atoms. The number of carbonyl (C=O) groups excluding carboxylic acids is 2. The van der Waals surface area contributed by atoms with Gasteiger partial charge in [0, 0.05) is 44.1 Å². The molecule has 0 aromatic heterocycles. The lowest BCUT2D eigenvalue weighted by atomic mass is 9.79. The molecule has 3 fully saturated rings. The minimum atomic E-state index is -4.15. The molecule has 0 bridgehead atoms. The Hall–Kier alpha value is -2.58. The number of hydrogen-bond acceptors (Lipinski definition) is 6. The van der Waals surface area contributed by atoms with Gasteiger partial charge in [-0.3, -0.25) is 14.6 Å². The van der Waals surface area contributed by atoms with Crippen molar-refractivity contribution in [2.75, 3.05) is 38.6 Å². The van der Waals surface area contributed by atoms with Crippen molar-refractivity contribution in [1.29, 1.82) is 0 Å². The maximum absolute atomic E-state index is 13.4. The van der Waals surface area contributed by atoms with Gasteiger partial charge in [-0.15, -0.1) is 0 Å². The quantitative estimate of drug-likeness (QED) is 0.368. The van der Waals surface area contributed by atoms with Crippen LogP contribution in [0.5, 0.6) is 0 Å². The minimum absolute atomic E-state index is 0.00314. The zero-order chi connectivity index (χ0) is 34.2. The van der Waals surface area contributed by atoms with Gasteiger partial charge in [0.05, 0.1) is 11.4 Å². The third kappa shape index (κ3) is 8.18. The number of aliphatic imine (C=N–C) groups is 1. The summed E-state index contributed by atoms with van der Waals surface area (Å²) in [4.78, 5) is 32.6. The van der Waals surface area contributed by atoms with Crippen LogP contribution in [-0.2, 0) is 21.2 Å². The fourth-order valence-corrected chi connectivity index (χ4v) is 9.07. The molecular weight excluding hydrogens is 640 g/mol. The van der Waals surface area contributed by atoms with Crippen LogP contribution < -0.4 is 5.32 Å². The average Bonchev–Trinajstić information content (AvgIpc) is 3.34. The Morgan fingerprint density at radius 2 is 1.62 bits per heavy atom. The number of benzene rings is 1. The first-order valence-corrected chi connectivity index (χ1v) is 18.3. The van der Waals surface area contributed by atoms with Crippen LogP contribution in [0.4, 0.5) is 17.6 Å². The van der Waals surface area contributed by atoms with Gasteiger partial charge in [0.15, 0.2) is 0 Å². The fourth-order valence-electron chi connectivity index (χ4n) is 7.61. The molecule has 2 amide bonds. The largest absolute Gasteiger partial charge is 0.389 e. The molecule has 262 valence electrons. The van der Waals surface area contributed by atoms with E-state index in [9.17, 15) is 40.7 Å². The van der Waals surface area contributed by atoms with E-state index in [1.165, 1.54) is 4.31 Å². The number of halogens is 4. The minimum Gasteiger partial charge on any atom is -0.387 e. The summed E-state index contributed by atoms with van der Waals surface area (Å²) in [6.45, 7) is 3.70. The Morgan fingerprint density at radius 3 is 2.17 bits per heavy atom. The summed E-state index contributed by atoms with van der Waals surface area (Å²) in [5.74, 6) is 0.0582. The van der Waals surface area contributed by atoms with Crippen molar-refractivity contribution in [1.82, 2.24) is 14.5 Å². The number of amidine groups is 1. The molecule has 0 radical (unpaired) electrons. The number of aryl methyl sites for hydroxylation is 2. The van der Waals surface area contributed by atoms with Crippen LogP contribution in [-0.4, -0.2) is 96.3 Å². The highest BCUT2D eigenvalue weighted by atomic mass is 32.2. The number of nitrogens with zero attached hydrogens (tertiary/aromatic N) is 3. The number of sulfonamides is 1. The third-order valence-corrected chi connectivity index (χ3v) is 12.7. The van der Waals surface area contributed by atoms with Crippen LogP contribution in [0, 0.1) is 25.7 Å². The number of amides is 2. The number of alkyl halides is 4. The van der Waals surface area contributed by atoms with Crippen molar-refractivity contribution in [3.8, 4) is 0 Å². The van der Waals surface area contributed by atoms with Crippen LogP contribution in [0.3, 0.4) is 0 Å². The number of aliphatic hydroxyl groups is 1. The number of piperidine rings is 2.